The molecule has 1 aliphatic rings. The van der Waals surface area contributed by atoms with Crippen LogP contribution in [0.3, 0.4) is 0 Å². The van der Waals surface area contributed by atoms with E-state index in [1.807, 2.05) is 0 Å². The first-order valence-electron chi connectivity index (χ1n) is 2.69. The summed E-state index contributed by atoms with van der Waals surface area (Å²) in [6.07, 6.45) is 3.06. The number of allylic oxidation sites excluding steroid dienone is 2. The average molecular weight is 134 g/mol. The quantitative estimate of drug-likeness (QED) is 0.331. The van der Waals surface area contributed by atoms with Crippen LogP contribution in [0, 0.1) is 0 Å². The fraction of sp³-hybridized carbons (Fsp3) is 0.500. The number of carbonyl (C=O) groups is 1. The summed E-state index contributed by atoms with van der Waals surface area (Å²) in [5.41, 5.74) is 0. The molecule has 0 saturated heterocycles. The molecule has 0 aliphatic heterocycles. The Hall–Kier alpha value is 0.210. The Bertz CT molecular complexity index is 140. The zero-order valence-electron chi connectivity index (χ0n) is 5.52. The van der Waals surface area contributed by atoms with E-state index in [1.54, 1.807) is 0 Å². The van der Waals surface area contributed by atoms with Crippen molar-refractivity contribution in [3.05, 3.63) is 11.8 Å². The van der Waals surface area contributed by atoms with E-state index in [2.05, 4.69) is 0 Å². The predicted octanol–water partition coefficient (Wildman–Crippen LogP) is -3.01. The SMILES string of the molecule is O=C1C=C([O-])CCC1.[Na+]. The van der Waals surface area contributed by atoms with E-state index in [4.69, 9.17) is 0 Å². The van der Waals surface area contributed by atoms with Crippen molar-refractivity contribution in [3.63, 3.8) is 0 Å². The van der Waals surface area contributed by atoms with E-state index >= 15 is 0 Å². The minimum absolute atomic E-state index is 0. The third-order valence-corrected chi connectivity index (χ3v) is 1.17. The molecule has 0 aromatic carbocycles. The maximum atomic E-state index is 10.4. The Morgan fingerprint density at radius 3 is 2.44 bits per heavy atom. The molecule has 0 aromatic heterocycles. The molecule has 2 nitrogen and oxygen atoms in total. The molecule has 0 aromatic rings. The van der Waals surface area contributed by atoms with Crippen molar-refractivity contribution in [3.8, 4) is 0 Å². The first-order chi connectivity index (χ1) is 3.79. The molecule has 0 bridgehead atoms. The van der Waals surface area contributed by atoms with Gasteiger partial charge in [-0.25, -0.2) is 0 Å². The number of rotatable bonds is 0. The first-order valence-corrected chi connectivity index (χ1v) is 2.69. The van der Waals surface area contributed by atoms with Crippen molar-refractivity contribution in [2.45, 2.75) is 19.3 Å². The molecule has 0 spiro atoms. The van der Waals surface area contributed by atoms with Crippen LogP contribution in [-0.2, 0) is 4.79 Å². The van der Waals surface area contributed by atoms with Gasteiger partial charge in [0.25, 0.3) is 0 Å². The topological polar surface area (TPSA) is 40.1 Å². The molecule has 1 rings (SSSR count). The van der Waals surface area contributed by atoms with E-state index in [9.17, 15) is 9.90 Å². The third kappa shape index (κ3) is 3.04. The van der Waals surface area contributed by atoms with Crippen molar-refractivity contribution in [1.82, 2.24) is 0 Å². The molecule has 0 amide bonds. The van der Waals surface area contributed by atoms with Crippen LogP contribution < -0.4 is 34.7 Å². The molecule has 9 heavy (non-hydrogen) atoms. The Morgan fingerprint density at radius 2 is 2.11 bits per heavy atom. The molecule has 1 aliphatic carbocycles. The normalized spacial score (nSPS) is 18.2. The molecule has 44 valence electrons. The van der Waals surface area contributed by atoms with Gasteiger partial charge in [-0.2, -0.15) is 0 Å². The van der Waals surface area contributed by atoms with Gasteiger partial charge in [-0.05, 0) is 18.9 Å². The molecule has 0 atom stereocenters. The van der Waals surface area contributed by atoms with Crippen molar-refractivity contribution in [2.24, 2.45) is 0 Å². The second-order valence-corrected chi connectivity index (χ2v) is 1.93. The largest absolute Gasteiger partial charge is 1.00 e. The molecule has 0 N–H and O–H groups in total. The smallest absolute Gasteiger partial charge is 0.875 e. The van der Waals surface area contributed by atoms with E-state index in [0.29, 0.717) is 12.8 Å². The molecule has 0 saturated carbocycles. The van der Waals surface area contributed by atoms with Crippen LogP contribution in [0.5, 0.6) is 0 Å². The van der Waals surface area contributed by atoms with Gasteiger partial charge in [-0.3, -0.25) is 4.79 Å². The molecule has 0 heterocycles. The predicted molar refractivity (Wildman–Crippen MR) is 26.9 cm³/mol. The van der Waals surface area contributed by atoms with Gasteiger partial charge in [-0.15, -0.1) is 5.76 Å². The summed E-state index contributed by atoms with van der Waals surface area (Å²) in [6, 6.07) is 0. The molecule has 3 heteroatoms. The van der Waals surface area contributed by atoms with Gasteiger partial charge in [0.05, 0.1) is 0 Å². The van der Waals surface area contributed by atoms with E-state index in [0.717, 1.165) is 6.42 Å². The van der Waals surface area contributed by atoms with Crippen LogP contribution in [0.1, 0.15) is 19.3 Å². The monoisotopic (exact) mass is 134 g/mol. The average Bonchev–Trinajstić information content (AvgIpc) is 1.64. The zero-order chi connectivity index (χ0) is 5.98. The number of hydrogen-bond acceptors (Lipinski definition) is 2. The van der Waals surface area contributed by atoms with Crippen LogP contribution in [0.2, 0.25) is 0 Å². The minimum Gasteiger partial charge on any atom is -0.875 e. The fourth-order valence-electron chi connectivity index (χ4n) is 0.761. The zero-order valence-corrected chi connectivity index (χ0v) is 7.52. The minimum atomic E-state index is -0.0127. The van der Waals surface area contributed by atoms with Crippen LogP contribution >= 0.6 is 0 Å². The fourth-order valence-corrected chi connectivity index (χ4v) is 0.761. The van der Waals surface area contributed by atoms with Gasteiger partial charge in [0.2, 0.25) is 0 Å². The van der Waals surface area contributed by atoms with Crippen LogP contribution in [0.25, 0.3) is 0 Å². The second-order valence-electron chi connectivity index (χ2n) is 1.93. The maximum absolute atomic E-state index is 10.4. The molecule has 0 unspecified atom stereocenters. The Labute approximate surface area is 76.2 Å². The summed E-state index contributed by atoms with van der Waals surface area (Å²) in [4.78, 5) is 10.4. The summed E-state index contributed by atoms with van der Waals surface area (Å²) in [6.45, 7) is 0. The summed E-state index contributed by atoms with van der Waals surface area (Å²) in [7, 11) is 0. The van der Waals surface area contributed by atoms with Crippen LogP contribution in [0.15, 0.2) is 11.8 Å². The van der Waals surface area contributed by atoms with E-state index < -0.39 is 0 Å². The van der Waals surface area contributed by atoms with Gasteiger partial charge in [0.1, 0.15) is 0 Å². The van der Waals surface area contributed by atoms with Gasteiger partial charge >= 0.3 is 29.6 Å². The third-order valence-electron chi connectivity index (χ3n) is 1.17. The Morgan fingerprint density at radius 1 is 1.44 bits per heavy atom. The first kappa shape index (κ1) is 9.21. The van der Waals surface area contributed by atoms with Crippen LogP contribution in [-0.4, -0.2) is 5.78 Å². The van der Waals surface area contributed by atoms with Gasteiger partial charge in [0.15, 0.2) is 5.78 Å². The Balaban J connectivity index is 0.000000640. The van der Waals surface area contributed by atoms with Crippen molar-refractivity contribution < 1.29 is 39.5 Å². The summed E-state index contributed by atoms with van der Waals surface area (Å²) in [5.74, 6) is -0.0255. The summed E-state index contributed by atoms with van der Waals surface area (Å²) >= 11 is 0. The second kappa shape index (κ2) is 4.09. The summed E-state index contributed by atoms with van der Waals surface area (Å²) < 4.78 is 0. The van der Waals surface area contributed by atoms with Crippen molar-refractivity contribution >= 4 is 5.78 Å². The molecule has 0 fully saturated rings. The number of carbonyl (C=O) groups excluding carboxylic acids is 1. The summed E-state index contributed by atoms with van der Waals surface area (Å²) in [5, 5.41) is 10.4. The Kier molecular flexibility index (Phi) is 4.19. The number of hydrogen-bond donors (Lipinski definition) is 0. The van der Waals surface area contributed by atoms with Crippen molar-refractivity contribution in [2.75, 3.05) is 0 Å². The maximum Gasteiger partial charge on any atom is 1.00 e. The number of ketones is 1. The standard InChI is InChI=1S/C6H8O2.Na/c7-5-2-1-3-6(8)4-5;/h4,7H,1-3H2;/q;+1/p-1. The molecular formula is C6H7NaO2. The van der Waals surface area contributed by atoms with Crippen LogP contribution in [0.4, 0.5) is 0 Å². The van der Waals surface area contributed by atoms with Crippen molar-refractivity contribution in [1.29, 1.82) is 0 Å². The van der Waals surface area contributed by atoms with E-state index in [-0.39, 0.29) is 41.1 Å². The van der Waals surface area contributed by atoms with Gasteiger partial charge in [0, 0.05) is 6.42 Å². The molecular weight excluding hydrogens is 127 g/mol. The van der Waals surface area contributed by atoms with Gasteiger partial charge in [-0.1, -0.05) is 0 Å². The van der Waals surface area contributed by atoms with Gasteiger partial charge < -0.3 is 5.11 Å². The van der Waals surface area contributed by atoms with E-state index in [1.165, 1.54) is 6.08 Å². The molecule has 0 radical (unpaired) electrons.